The minimum Gasteiger partial charge on any atom is -0.310 e. The molecule has 0 spiro atoms. The lowest BCUT2D eigenvalue weighted by molar-refractivity contribution is 0.945. The van der Waals surface area contributed by atoms with Crippen molar-refractivity contribution < 1.29 is 0 Å². The fourth-order valence-electron chi connectivity index (χ4n) is 11.1. The lowest BCUT2D eigenvalue weighted by Crippen LogP contribution is -2.10. The van der Waals surface area contributed by atoms with Crippen LogP contribution in [0.25, 0.3) is 75.8 Å². The van der Waals surface area contributed by atoms with E-state index in [0.717, 1.165) is 48.4 Å². The standard InChI is InChI=1S/C68H54N2/c1-3-21-57(49-35-37-51-45-65(69(53-25-9-5-10-26-53)54-27-11-6-12-28-54)67-59-33-19-17-23-47(59)39-41-61(67)63(51)43-49)58(22-4-2)50-36-38-52-46-66(70(55-29-13-7-14-30-55)56-31-15-8-16-32-56)68-60-34-20-18-24-48(60)40-42-62(68)64(52)44-50/h5-20,23-46H,3-4,21-22H2,1-2H3. The second-order valence-electron chi connectivity index (χ2n) is 18.6. The van der Waals surface area contributed by atoms with E-state index in [9.17, 15) is 0 Å². The molecule has 0 radical (unpaired) electrons. The lowest BCUT2D eigenvalue weighted by atomic mass is 9.86. The normalized spacial score (nSPS) is 12.0. The molecular formula is C68H54N2. The van der Waals surface area contributed by atoms with Crippen LogP contribution >= 0.6 is 0 Å². The summed E-state index contributed by atoms with van der Waals surface area (Å²) in [5.74, 6) is 0. The molecule has 0 atom stereocenters. The van der Waals surface area contributed by atoms with Crippen molar-refractivity contribution in [3.05, 3.63) is 254 Å². The third-order valence-electron chi connectivity index (χ3n) is 14.2. The molecule has 12 aromatic rings. The average molecular weight is 899 g/mol. The minimum atomic E-state index is 0.987. The minimum absolute atomic E-state index is 0.987. The van der Waals surface area contributed by atoms with Gasteiger partial charge in [-0.2, -0.15) is 0 Å². The number of para-hydroxylation sites is 4. The van der Waals surface area contributed by atoms with Gasteiger partial charge in [-0.15, -0.1) is 0 Å². The molecule has 336 valence electrons. The van der Waals surface area contributed by atoms with Gasteiger partial charge in [0, 0.05) is 33.5 Å². The molecule has 0 aliphatic rings. The fraction of sp³-hybridized carbons (Fsp3) is 0.0882. The van der Waals surface area contributed by atoms with E-state index in [1.54, 1.807) is 0 Å². The monoisotopic (exact) mass is 898 g/mol. The first-order valence-corrected chi connectivity index (χ1v) is 25.0. The summed E-state index contributed by atoms with van der Waals surface area (Å²) < 4.78 is 0. The molecule has 0 aromatic heterocycles. The summed E-state index contributed by atoms with van der Waals surface area (Å²) in [6, 6.07) is 89.7. The summed E-state index contributed by atoms with van der Waals surface area (Å²) in [5.41, 5.74) is 12.4. The van der Waals surface area contributed by atoms with Gasteiger partial charge >= 0.3 is 0 Å². The molecule has 0 aliphatic heterocycles. The van der Waals surface area contributed by atoms with Gasteiger partial charge in [0.2, 0.25) is 0 Å². The predicted molar refractivity (Wildman–Crippen MR) is 304 cm³/mol. The highest BCUT2D eigenvalue weighted by molar-refractivity contribution is 6.25. The highest BCUT2D eigenvalue weighted by Gasteiger charge is 2.22. The third-order valence-corrected chi connectivity index (χ3v) is 14.2. The zero-order valence-corrected chi connectivity index (χ0v) is 39.8. The Morgan fingerprint density at radius 3 is 0.971 bits per heavy atom. The Morgan fingerprint density at radius 1 is 0.286 bits per heavy atom. The Hall–Kier alpha value is -8.46. The summed E-state index contributed by atoms with van der Waals surface area (Å²) in [4.78, 5) is 4.86. The molecule has 0 bridgehead atoms. The molecule has 12 rings (SSSR count). The fourth-order valence-corrected chi connectivity index (χ4v) is 11.1. The first-order chi connectivity index (χ1) is 34.7. The molecule has 0 unspecified atom stereocenters. The van der Waals surface area contributed by atoms with Gasteiger partial charge in [0.05, 0.1) is 11.4 Å². The average Bonchev–Trinajstić information content (AvgIpc) is 3.43. The third kappa shape index (κ3) is 7.63. The van der Waals surface area contributed by atoms with Crippen LogP contribution in [-0.4, -0.2) is 0 Å². The number of fused-ring (bicyclic) bond motifs is 10. The SMILES string of the molecule is CCCC(=C(CCC)c1ccc2cc(N(c3ccccc3)c3ccccc3)c3c4ccccc4ccc3c2c1)c1ccc2cc(N(c3ccccc3)c3ccccc3)c3c4ccccc4ccc3c2c1. The van der Waals surface area contributed by atoms with Crippen LogP contribution in [-0.2, 0) is 0 Å². The van der Waals surface area contributed by atoms with Gasteiger partial charge in [-0.25, -0.2) is 0 Å². The van der Waals surface area contributed by atoms with Gasteiger partial charge in [0.25, 0.3) is 0 Å². The van der Waals surface area contributed by atoms with Gasteiger partial charge in [0.1, 0.15) is 0 Å². The van der Waals surface area contributed by atoms with Crippen molar-refractivity contribution in [2.24, 2.45) is 0 Å². The largest absolute Gasteiger partial charge is 0.310 e. The van der Waals surface area contributed by atoms with E-state index >= 15 is 0 Å². The number of benzene rings is 12. The Balaban J connectivity index is 1.08. The van der Waals surface area contributed by atoms with Crippen molar-refractivity contribution >= 4 is 110 Å². The Kier molecular flexibility index (Phi) is 11.4. The van der Waals surface area contributed by atoms with Crippen LogP contribution in [0.3, 0.4) is 0 Å². The number of hydrogen-bond donors (Lipinski definition) is 0. The van der Waals surface area contributed by atoms with E-state index in [0.29, 0.717) is 0 Å². The van der Waals surface area contributed by atoms with Crippen LogP contribution in [0, 0.1) is 0 Å². The first kappa shape index (κ1) is 42.9. The van der Waals surface area contributed by atoms with Crippen LogP contribution in [0.1, 0.15) is 50.7 Å². The van der Waals surface area contributed by atoms with Crippen molar-refractivity contribution in [3.8, 4) is 0 Å². The summed E-state index contributed by atoms with van der Waals surface area (Å²) >= 11 is 0. The highest BCUT2D eigenvalue weighted by atomic mass is 15.1. The molecule has 0 saturated heterocycles. The van der Waals surface area contributed by atoms with Gasteiger partial charge in [0.15, 0.2) is 0 Å². The maximum Gasteiger partial charge on any atom is 0.0552 e. The molecule has 0 fully saturated rings. The van der Waals surface area contributed by atoms with E-state index in [4.69, 9.17) is 0 Å². The predicted octanol–water partition coefficient (Wildman–Crippen LogP) is 20.1. The summed E-state index contributed by atoms with van der Waals surface area (Å²) in [7, 11) is 0. The molecule has 0 aliphatic carbocycles. The van der Waals surface area contributed by atoms with E-state index in [2.05, 4.69) is 266 Å². The molecule has 0 N–H and O–H groups in total. The summed E-state index contributed by atoms with van der Waals surface area (Å²) in [6.45, 7) is 4.65. The molecular weight excluding hydrogens is 845 g/mol. The maximum absolute atomic E-state index is 2.50. The molecule has 12 aromatic carbocycles. The number of hydrogen-bond acceptors (Lipinski definition) is 2. The number of rotatable bonds is 12. The van der Waals surface area contributed by atoms with Crippen molar-refractivity contribution in [3.63, 3.8) is 0 Å². The van der Waals surface area contributed by atoms with Gasteiger partial charge in [-0.05, 0) is 162 Å². The molecule has 70 heavy (non-hydrogen) atoms. The van der Waals surface area contributed by atoms with Gasteiger partial charge in [-0.1, -0.05) is 197 Å². The van der Waals surface area contributed by atoms with Crippen LogP contribution in [0.4, 0.5) is 34.1 Å². The van der Waals surface area contributed by atoms with Crippen molar-refractivity contribution in [2.75, 3.05) is 9.80 Å². The number of allylic oxidation sites excluding steroid dienone is 2. The van der Waals surface area contributed by atoms with Crippen molar-refractivity contribution in [1.82, 2.24) is 0 Å². The Labute approximate surface area is 411 Å². The summed E-state index contributed by atoms with van der Waals surface area (Å²) in [5, 5.41) is 15.0. The highest BCUT2D eigenvalue weighted by Crippen LogP contribution is 2.48. The zero-order valence-electron chi connectivity index (χ0n) is 39.8. The topological polar surface area (TPSA) is 6.48 Å². The van der Waals surface area contributed by atoms with E-state index < -0.39 is 0 Å². The van der Waals surface area contributed by atoms with Crippen molar-refractivity contribution in [2.45, 2.75) is 39.5 Å². The number of anilines is 6. The lowest BCUT2D eigenvalue weighted by Gasteiger charge is -2.28. The van der Waals surface area contributed by atoms with Crippen LogP contribution in [0.15, 0.2) is 243 Å². The van der Waals surface area contributed by atoms with Crippen molar-refractivity contribution in [1.29, 1.82) is 0 Å². The quantitative estimate of drug-likeness (QED) is 0.0890. The van der Waals surface area contributed by atoms with E-state index in [1.165, 1.54) is 98.3 Å². The van der Waals surface area contributed by atoms with E-state index in [1.807, 2.05) is 0 Å². The van der Waals surface area contributed by atoms with Crippen LogP contribution in [0.5, 0.6) is 0 Å². The molecule has 2 heteroatoms. The van der Waals surface area contributed by atoms with E-state index in [-0.39, 0.29) is 0 Å². The molecule has 2 nitrogen and oxygen atoms in total. The maximum atomic E-state index is 2.50. The number of nitrogens with zero attached hydrogens (tertiary/aromatic N) is 2. The first-order valence-electron chi connectivity index (χ1n) is 25.0. The van der Waals surface area contributed by atoms with Gasteiger partial charge < -0.3 is 9.80 Å². The molecule has 0 amide bonds. The molecule has 0 saturated carbocycles. The van der Waals surface area contributed by atoms with Crippen LogP contribution in [0.2, 0.25) is 0 Å². The Morgan fingerprint density at radius 2 is 0.614 bits per heavy atom. The van der Waals surface area contributed by atoms with Crippen LogP contribution < -0.4 is 9.80 Å². The smallest absolute Gasteiger partial charge is 0.0552 e. The zero-order chi connectivity index (χ0) is 47.0. The second-order valence-corrected chi connectivity index (χ2v) is 18.6. The Bertz CT molecular complexity index is 3560. The van der Waals surface area contributed by atoms with Gasteiger partial charge in [-0.3, -0.25) is 0 Å². The molecule has 0 heterocycles. The second kappa shape index (κ2) is 18.6. The summed E-state index contributed by atoms with van der Waals surface area (Å²) in [6.07, 6.45) is 4.07.